The van der Waals surface area contributed by atoms with E-state index in [4.69, 9.17) is 0 Å². The Kier molecular flexibility index (Phi) is 10.8. The molecule has 0 fully saturated rings. The van der Waals surface area contributed by atoms with Crippen LogP contribution in [0.2, 0.25) is 0 Å². The van der Waals surface area contributed by atoms with E-state index in [1.165, 1.54) is 19.3 Å². The van der Waals surface area contributed by atoms with Gasteiger partial charge in [0.05, 0.1) is 5.92 Å². The molecule has 0 aromatic carbocycles. The minimum Gasteiger partial charge on any atom is -0.299 e. The Hall–Kier alpha value is -0.180. The Balaban J connectivity index is 3.85. The van der Waals surface area contributed by atoms with E-state index in [1.807, 2.05) is 13.8 Å². The van der Waals surface area contributed by atoms with Gasteiger partial charge in [-0.1, -0.05) is 55.5 Å². The summed E-state index contributed by atoms with van der Waals surface area (Å²) < 4.78 is 0. The van der Waals surface area contributed by atoms with E-state index in [-0.39, 0.29) is 17.5 Å². The first-order valence-corrected chi connectivity index (χ1v) is 7.90. The number of rotatable bonds is 11. The highest BCUT2D eigenvalue weighted by Gasteiger charge is 2.22. The van der Waals surface area contributed by atoms with Crippen molar-refractivity contribution in [1.29, 1.82) is 0 Å². The Labute approximate surface area is 114 Å². The second-order valence-corrected chi connectivity index (χ2v) is 5.23. The van der Waals surface area contributed by atoms with Crippen molar-refractivity contribution < 1.29 is 9.59 Å². The lowest BCUT2D eigenvalue weighted by atomic mass is 9.90. The predicted octanol–water partition coefficient (Wildman–Crippen LogP) is 4.30. The Morgan fingerprint density at radius 1 is 0.882 bits per heavy atom. The number of alkyl halides is 1. The summed E-state index contributed by atoms with van der Waals surface area (Å²) in [4.78, 5) is 23.3. The zero-order chi connectivity index (χ0) is 13.1. The molecule has 0 aromatic heterocycles. The summed E-state index contributed by atoms with van der Waals surface area (Å²) in [5.41, 5.74) is 0. The largest absolute Gasteiger partial charge is 0.299 e. The highest BCUT2D eigenvalue weighted by atomic mass is 79.9. The zero-order valence-electron chi connectivity index (χ0n) is 11.1. The molecule has 0 spiro atoms. The van der Waals surface area contributed by atoms with Crippen molar-refractivity contribution >= 4 is 27.5 Å². The number of Topliss-reactive ketones (excluding diaryl/α,β-unsaturated/α-hetero) is 2. The van der Waals surface area contributed by atoms with Gasteiger partial charge in [-0.25, -0.2) is 0 Å². The third-order valence-corrected chi connectivity index (χ3v) is 3.66. The Morgan fingerprint density at radius 2 is 1.35 bits per heavy atom. The average Bonchev–Trinajstić information content (AvgIpc) is 2.36. The number of carbonyl (C=O) groups excluding carboxylic acids is 2. The fourth-order valence-electron chi connectivity index (χ4n) is 1.97. The molecule has 0 heterocycles. The van der Waals surface area contributed by atoms with Crippen LogP contribution in [0.5, 0.6) is 0 Å². The maximum atomic E-state index is 11.7. The fraction of sp³-hybridized carbons (Fsp3) is 0.857. The van der Waals surface area contributed by atoms with Gasteiger partial charge in [-0.05, 0) is 12.8 Å². The molecule has 0 aromatic rings. The number of halogens is 1. The number of unbranched alkanes of at least 4 members (excludes halogenated alkanes) is 4. The summed E-state index contributed by atoms with van der Waals surface area (Å²) in [6, 6.07) is 0. The number of ketones is 2. The summed E-state index contributed by atoms with van der Waals surface area (Å²) in [5.74, 6) is -0.0733. The minimum atomic E-state index is -0.318. The van der Waals surface area contributed by atoms with Gasteiger partial charge in [0, 0.05) is 18.2 Å². The molecule has 3 heteroatoms. The molecule has 0 bridgehead atoms. The van der Waals surface area contributed by atoms with Crippen LogP contribution in [-0.2, 0) is 9.59 Å². The van der Waals surface area contributed by atoms with E-state index in [0.29, 0.717) is 12.8 Å². The lowest BCUT2D eigenvalue weighted by Crippen LogP contribution is -2.22. The second kappa shape index (κ2) is 10.9. The lowest BCUT2D eigenvalue weighted by molar-refractivity contribution is -0.132. The fourth-order valence-corrected chi connectivity index (χ4v) is 2.36. The van der Waals surface area contributed by atoms with Crippen molar-refractivity contribution in [3.63, 3.8) is 0 Å². The molecule has 0 saturated carbocycles. The first kappa shape index (κ1) is 16.8. The van der Waals surface area contributed by atoms with Crippen molar-refractivity contribution in [2.75, 3.05) is 5.33 Å². The van der Waals surface area contributed by atoms with Gasteiger partial charge in [-0.2, -0.15) is 0 Å². The minimum absolute atomic E-state index is 0.123. The predicted molar refractivity (Wildman–Crippen MR) is 75.6 cm³/mol. The van der Waals surface area contributed by atoms with Crippen LogP contribution in [0.25, 0.3) is 0 Å². The summed E-state index contributed by atoms with van der Waals surface area (Å²) in [6.45, 7) is 3.68. The van der Waals surface area contributed by atoms with Crippen LogP contribution < -0.4 is 0 Å². The third-order valence-electron chi connectivity index (χ3n) is 3.10. The van der Waals surface area contributed by atoms with Crippen LogP contribution in [0.4, 0.5) is 0 Å². The first-order valence-electron chi connectivity index (χ1n) is 6.78. The quantitative estimate of drug-likeness (QED) is 0.324. The van der Waals surface area contributed by atoms with E-state index in [1.54, 1.807) is 0 Å². The Bertz CT molecular complexity index is 210. The molecule has 0 unspecified atom stereocenters. The van der Waals surface area contributed by atoms with Crippen LogP contribution >= 0.6 is 15.9 Å². The van der Waals surface area contributed by atoms with Crippen LogP contribution in [0.15, 0.2) is 0 Å². The SMILES string of the molecule is CCC(=O)C(CCCCCCCBr)C(=O)CC. The Morgan fingerprint density at radius 3 is 1.82 bits per heavy atom. The smallest absolute Gasteiger partial charge is 0.143 e. The highest BCUT2D eigenvalue weighted by molar-refractivity contribution is 9.09. The van der Waals surface area contributed by atoms with Gasteiger partial charge in [-0.15, -0.1) is 0 Å². The molecule has 0 aliphatic carbocycles. The van der Waals surface area contributed by atoms with Gasteiger partial charge in [0.15, 0.2) is 0 Å². The van der Waals surface area contributed by atoms with E-state index < -0.39 is 0 Å². The van der Waals surface area contributed by atoms with Crippen molar-refractivity contribution in [3.8, 4) is 0 Å². The molecular formula is C14H25BrO2. The van der Waals surface area contributed by atoms with Crippen LogP contribution in [0.3, 0.4) is 0 Å². The van der Waals surface area contributed by atoms with E-state index in [9.17, 15) is 9.59 Å². The summed E-state index contributed by atoms with van der Waals surface area (Å²) in [6.07, 6.45) is 7.53. The molecule has 0 N–H and O–H groups in total. The second-order valence-electron chi connectivity index (χ2n) is 4.44. The van der Waals surface area contributed by atoms with Gasteiger partial charge in [0.2, 0.25) is 0 Å². The normalized spacial score (nSPS) is 10.8. The number of hydrogen-bond acceptors (Lipinski definition) is 2. The molecule has 0 radical (unpaired) electrons. The lowest BCUT2D eigenvalue weighted by Gasteiger charge is -2.12. The van der Waals surface area contributed by atoms with Gasteiger partial charge in [0.1, 0.15) is 11.6 Å². The van der Waals surface area contributed by atoms with Gasteiger partial charge in [0.25, 0.3) is 0 Å². The summed E-state index contributed by atoms with van der Waals surface area (Å²) >= 11 is 3.41. The van der Waals surface area contributed by atoms with Crippen molar-refractivity contribution in [2.24, 2.45) is 5.92 Å². The maximum Gasteiger partial charge on any atom is 0.143 e. The van der Waals surface area contributed by atoms with E-state index in [0.717, 1.165) is 24.6 Å². The molecule has 0 aliphatic heterocycles. The molecule has 17 heavy (non-hydrogen) atoms. The van der Waals surface area contributed by atoms with E-state index in [2.05, 4.69) is 15.9 Å². The molecule has 0 atom stereocenters. The van der Waals surface area contributed by atoms with Crippen LogP contribution in [0.1, 0.15) is 65.2 Å². The van der Waals surface area contributed by atoms with Crippen LogP contribution in [0, 0.1) is 5.92 Å². The van der Waals surface area contributed by atoms with Gasteiger partial charge < -0.3 is 0 Å². The van der Waals surface area contributed by atoms with Crippen molar-refractivity contribution in [1.82, 2.24) is 0 Å². The summed E-state index contributed by atoms with van der Waals surface area (Å²) in [5, 5.41) is 1.07. The molecular weight excluding hydrogens is 280 g/mol. The van der Waals surface area contributed by atoms with Gasteiger partial charge in [-0.3, -0.25) is 9.59 Å². The number of hydrogen-bond donors (Lipinski definition) is 0. The van der Waals surface area contributed by atoms with Crippen LogP contribution in [-0.4, -0.2) is 16.9 Å². The number of carbonyl (C=O) groups is 2. The standard InChI is InChI=1S/C14H25BrO2/c1-3-13(16)12(14(17)4-2)10-8-6-5-7-9-11-15/h12H,3-11H2,1-2H3. The van der Waals surface area contributed by atoms with E-state index >= 15 is 0 Å². The van der Waals surface area contributed by atoms with Crippen molar-refractivity contribution in [3.05, 3.63) is 0 Å². The monoisotopic (exact) mass is 304 g/mol. The van der Waals surface area contributed by atoms with Crippen molar-refractivity contribution in [2.45, 2.75) is 65.2 Å². The molecule has 0 amide bonds. The molecule has 2 nitrogen and oxygen atoms in total. The molecule has 100 valence electrons. The van der Waals surface area contributed by atoms with Gasteiger partial charge >= 0.3 is 0 Å². The first-order chi connectivity index (χ1) is 8.17. The third kappa shape index (κ3) is 7.69. The topological polar surface area (TPSA) is 34.1 Å². The zero-order valence-corrected chi connectivity index (χ0v) is 12.7. The maximum absolute atomic E-state index is 11.7. The highest BCUT2D eigenvalue weighted by Crippen LogP contribution is 2.16. The molecule has 0 rings (SSSR count). The molecule has 0 saturated heterocycles. The molecule has 0 aliphatic rings. The summed E-state index contributed by atoms with van der Waals surface area (Å²) in [7, 11) is 0. The average molecular weight is 305 g/mol.